The number of hydrogen-bond donors (Lipinski definition) is 2. The highest BCUT2D eigenvalue weighted by atomic mass is 35.5. The Morgan fingerprint density at radius 1 is 1.20 bits per heavy atom. The molecular formula is C23H22ClFN4O. The third kappa shape index (κ3) is 4.61. The summed E-state index contributed by atoms with van der Waals surface area (Å²) in [4.78, 5) is 9.07. The van der Waals surface area contributed by atoms with E-state index in [1.807, 2.05) is 12.1 Å². The Morgan fingerprint density at radius 3 is 2.87 bits per heavy atom. The lowest BCUT2D eigenvalue weighted by molar-refractivity contribution is 0.195. The molecule has 1 atom stereocenters. The Balaban J connectivity index is 1.69. The summed E-state index contributed by atoms with van der Waals surface area (Å²) in [6.07, 6.45) is 5.08. The number of anilines is 2. The van der Waals surface area contributed by atoms with Gasteiger partial charge < -0.3 is 15.4 Å². The molecule has 0 radical (unpaired) electrons. The Bertz CT molecular complexity index is 1060. The number of amidine groups is 1. The molecule has 2 heterocycles. The van der Waals surface area contributed by atoms with Crippen molar-refractivity contribution in [3.63, 3.8) is 0 Å². The number of fused-ring (bicyclic) bond motifs is 1. The third-order valence-corrected chi connectivity index (χ3v) is 5.18. The van der Waals surface area contributed by atoms with E-state index in [9.17, 15) is 4.39 Å². The minimum atomic E-state index is -0.455. The molecule has 1 aliphatic heterocycles. The molecule has 1 aliphatic rings. The maximum Gasteiger partial charge on any atom is 0.148 e. The van der Waals surface area contributed by atoms with E-state index < -0.39 is 5.82 Å². The normalized spacial score (nSPS) is 15.2. The van der Waals surface area contributed by atoms with Crippen LogP contribution >= 0.6 is 11.6 Å². The van der Waals surface area contributed by atoms with Crippen molar-refractivity contribution in [1.29, 1.82) is 0 Å². The zero-order valence-corrected chi connectivity index (χ0v) is 17.3. The largest absolute Gasteiger partial charge is 0.385 e. The number of aryl methyl sites for hydroxylation is 1. The second kappa shape index (κ2) is 9.24. The van der Waals surface area contributed by atoms with E-state index in [2.05, 4.69) is 33.8 Å². The first kappa shape index (κ1) is 20.3. The Morgan fingerprint density at radius 2 is 2.10 bits per heavy atom. The van der Waals surface area contributed by atoms with Crippen LogP contribution in [0.3, 0.4) is 0 Å². The topological polar surface area (TPSA) is 58.5 Å². The lowest BCUT2D eigenvalue weighted by atomic mass is 10.0. The summed E-state index contributed by atoms with van der Waals surface area (Å²) in [5.41, 5.74) is 4.72. The number of halogens is 2. The highest BCUT2D eigenvalue weighted by Gasteiger charge is 2.22. The second-order valence-corrected chi connectivity index (χ2v) is 7.45. The summed E-state index contributed by atoms with van der Waals surface area (Å²) >= 11 is 5.97. The van der Waals surface area contributed by atoms with Crippen LogP contribution in [0.2, 0.25) is 5.02 Å². The first-order valence-corrected chi connectivity index (χ1v) is 10.1. The van der Waals surface area contributed by atoms with Gasteiger partial charge in [0.15, 0.2) is 0 Å². The Kier molecular flexibility index (Phi) is 6.26. The van der Waals surface area contributed by atoms with Gasteiger partial charge in [-0.25, -0.2) is 9.38 Å². The molecule has 0 fully saturated rings. The average Bonchev–Trinajstić information content (AvgIpc) is 2.77. The molecule has 7 heteroatoms. The van der Waals surface area contributed by atoms with Crippen LogP contribution in [0.5, 0.6) is 0 Å². The number of hydrogen-bond acceptors (Lipinski definition) is 5. The number of ether oxygens (including phenoxy) is 1. The highest BCUT2D eigenvalue weighted by molar-refractivity contribution is 6.31. The van der Waals surface area contributed by atoms with Gasteiger partial charge in [0.05, 0.1) is 5.02 Å². The van der Waals surface area contributed by atoms with Gasteiger partial charge in [0.1, 0.15) is 17.8 Å². The highest BCUT2D eigenvalue weighted by Crippen LogP contribution is 2.31. The molecule has 5 nitrogen and oxygen atoms in total. The number of aromatic nitrogens is 1. The first-order valence-electron chi connectivity index (χ1n) is 9.72. The minimum absolute atomic E-state index is 0.0619. The molecular weight excluding hydrogens is 403 g/mol. The number of aliphatic imine (C=N–C) groups is 1. The van der Waals surface area contributed by atoms with Gasteiger partial charge in [-0.2, -0.15) is 0 Å². The van der Waals surface area contributed by atoms with E-state index in [0.29, 0.717) is 18.1 Å². The Labute approximate surface area is 180 Å². The van der Waals surface area contributed by atoms with Crippen LogP contribution in [0.25, 0.3) is 0 Å². The van der Waals surface area contributed by atoms with Gasteiger partial charge in [-0.1, -0.05) is 23.7 Å². The molecule has 4 rings (SSSR count). The SMILES string of the molecule is COCCCc1ccc2c(c1)C(Nc1ccc(F)c(Cl)c1)=NC(c1cccnc1)N2. The molecule has 0 saturated heterocycles. The predicted molar refractivity (Wildman–Crippen MR) is 119 cm³/mol. The van der Waals surface area contributed by atoms with Gasteiger partial charge in [-0.3, -0.25) is 4.98 Å². The van der Waals surface area contributed by atoms with Crippen LogP contribution in [-0.4, -0.2) is 24.5 Å². The lowest BCUT2D eigenvalue weighted by Crippen LogP contribution is -2.25. The molecule has 30 heavy (non-hydrogen) atoms. The van der Waals surface area contributed by atoms with Crippen molar-refractivity contribution in [2.75, 3.05) is 24.4 Å². The standard InChI is InChI=1S/C23H22ClFN4O/c1-30-11-3-4-15-6-9-21-18(12-15)23(27-17-7-8-20(25)19(24)13-17)29-22(28-21)16-5-2-10-26-14-16/h2,5-10,12-14,22,28H,3-4,11H2,1H3,(H,27,29). The number of pyridine rings is 1. The molecule has 0 amide bonds. The summed E-state index contributed by atoms with van der Waals surface area (Å²) in [7, 11) is 1.71. The molecule has 154 valence electrons. The summed E-state index contributed by atoms with van der Waals surface area (Å²) in [5.74, 6) is 0.234. The van der Waals surface area contributed by atoms with Crippen molar-refractivity contribution >= 4 is 28.8 Å². The predicted octanol–water partition coefficient (Wildman–Crippen LogP) is 5.44. The fourth-order valence-corrected chi connectivity index (χ4v) is 3.55. The quantitative estimate of drug-likeness (QED) is 0.517. The van der Waals surface area contributed by atoms with Crippen molar-refractivity contribution in [2.45, 2.75) is 19.0 Å². The fraction of sp³-hybridized carbons (Fsp3) is 0.217. The third-order valence-electron chi connectivity index (χ3n) is 4.89. The van der Waals surface area contributed by atoms with Crippen LogP contribution in [0.4, 0.5) is 15.8 Å². The molecule has 3 aromatic rings. The maximum atomic E-state index is 13.6. The molecule has 1 aromatic heterocycles. The molecule has 2 aromatic carbocycles. The van der Waals surface area contributed by atoms with Crippen molar-refractivity contribution in [2.24, 2.45) is 4.99 Å². The first-order chi connectivity index (χ1) is 14.6. The van der Waals surface area contributed by atoms with E-state index in [-0.39, 0.29) is 11.2 Å². The summed E-state index contributed by atoms with van der Waals surface area (Å²) < 4.78 is 18.7. The fourth-order valence-electron chi connectivity index (χ4n) is 3.37. The van der Waals surface area contributed by atoms with Crippen LogP contribution in [0.15, 0.2) is 65.9 Å². The van der Waals surface area contributed by atoms with E-state index in [0.717, 1.165) is 29.7 Å². The molecule has 2 N–H and O–H groups in total. The molecule has 0 saturated carbocycles. The molecule has 0 spiro atoms. The number of rotatable bonds is 6. The van der Waals surface area contributed by atoms with Gasteiger partial charge in [0.2, 0.25) is 0 Å². The number of benzene rings is 2. The van der Waals surface area contributed by atoms with Crippen LogP contribution in [0, 0.1) is 5.82 Å². The van der Waals surface area contributed by atoms with Gasteiger partial charge in [0.25, 0.3) is 0 Å². The Hall–Kier alpha value is -2.96. The van der Waals surface area contributed by atoms with Gasteiger partial charge >= 0.3 is 0 Å². The number of nitrogens with zero attached hydrogens (tertiary/aromatic N) is 2. The van der Waals surface area contributed by atoms with Gasteiger partial charge in [0, 0.05) is 48.6 Å². The van der Waals surface area contributed by atoms with Crippen LogP contribution in [0.1, 0.15) is 29.3 Å². The van der Waals surface area contributed by atoms with E-state index in [1.54, 1.807) is 31.6 Å². The van der Waals surface area contributed by atoms with Crippen molar-refractivity contribution < 1.29 is 9.13 Å². The van der Waals surface area contributed by atoms with Crippen LogP contribution < -0.4 is 10.6 Å². The van der Waals surface area contributed by atoms with Crippen molar-refractivity contribution in [3.8, 4) is 0 Å². The summed E-state index contributed by atoms with van der Waals surface area (Å²) in [5, 5.41) is 6.84. The van der Waals surface area contributed by atoms with E-state index >= 15 is 0 Å². The van der Waals surface area contributed by atoms with Crippen LogP contribution in [-0.2, 0) is 11.2 Å². The summed E-state index contributed by atoms with van der Waals surface area (Å²) in [6, 6.07) is 14.7. The molecule has 0 aliphatic carbocycles. The number of nitrogens with one attached hydrogen (secondary N) is 2. The van der Waals surface area contributed by atoms with Gasteiger partial charge in [-0.15, -0.1) is 0 Å². The van der Waals surface area contributed by atoms with Crippen molar-refractivity contribution in [1.82, 2.24) is 4.98 Å². The molecule has 1 unspecified atom stereocenters. The average molecular weight is 425 g/mol. The number of methoxy groups -OCH3 is 1. The van der Waals surface area contributed by atoms with Crippen molar-refractivity contribution in [3.05, 3.63) is 88.5 Å². The smallest absolute Gasteiger partial charge is 0.148 e. The monoisotopic (exact) mass is 424 g/mol. The zero-order chi connectivity index (χ0) is 20.9. The van der Waals surface area contributed by atoms with E-state index in [4.69, 9.17) is 21.3 Å². The lowest BCUT2D eigenvalue weighted by Gasteiger charge is -2.27. The summed E-state index contributed by atoms with van der Waals surface area (Å²) in [6.45, 7) is 0.714. The zero-order valence-electron chi connectivity index (χ0n) is 16.5. The maximum absolute atomic E-state index is 13.6. The molecule has 0 bridgehead atoms. The second-order valence-electron chi connectivity index (χ2n) is 7.04. The van der Waals surface area contributed by atoms with Gasteiger partial charge in [-0.05, 0) is 54.8 Å². The minimum Gasteiger partial charge on any atom is -0.385 e. The van der Waals surface area contributed by atoms with E-state index in [1.165, 1.54) is 11.6 Å².